The van der Waals surface area contributed by atoms with Gasteiger partial charge in [0.25, 0.3) is 5.91 Å². The maximum absolute atomic E-state index is 12.4. The number of amides is 2. The Morgan fingerprint density at radius 3 is 2.00 bits per heavy atom. The number of carboxylic acid groups (broad SMARTS) is 1. The lowest BCUT2D eigenvalue weighted by molar-refractivity contribution is -0.139. The fourth-order valence-corrected chi connectivity index (χ4v) is 4.00. The van der Waals surface area contributed by atoms with Crippen molar-refractivity contribution in [3.05, 3.63) is 95.1 Å². The first-order valence-electron chi connectivity index (χ1n) is 10.7. The van der Waals surface area contributed by atoms with Crippen LogP contribution in [0.15, 0.2) is 72.8 Å². The quantitative estimate of drug-likeness (QED) is 0.425. The van der Waals surface area contributed by atoms with Gasteiger partial charge in [-0.1, -0.05) is 60.4 Å². The summed E-state index contributed by atoms with van der Waals surface area (Å²) in [7, 11) is 0. The summed E-state index contributed by atoms with van der Waals surface area (Å²) in [4.78, 5) is 34.7. The highest BCUT2D eigenvalue weighted by molar-refractivity contribution is 5.96. The zero-order valence-electron chi connectivity index (χ0n) is 18.1. The number of hydrogen-bond acceptors (Lipinski definition) is 4. The van der Waals surface area contributed by atoms with E-state index in [-0.39, 0.29) is 18.4 Å². The predicted molar refractivity (Wildman–Crippen MR) is 126 cm³/mol. The molecular weight excluding hydrogens is 432 g/mol. The molecule has 34 heavy (non-hydrogen) atoms. The SMILES string of the molecule is NC(=O)CC[C@H](NC(=O)c1ccc(C#CC2(O)c3ccccc3-c3ccccc32)cc1)C(=O)O. The van der Waals surface area contributed by atoms with Crippen molar-refractivity contribution in [3.8, 4) is 23.0 Å². The molecule has 0 saturated heterocycles. The first-order valence-corrected chi connectivity index (χ1v) is 10.7. The molecule has 5 N–H and O–H groups in total. The van der Waals surface area contributed by atoms with E-state index in [9.17, 15) is 24.6 Å². The molecule has 7 nitrogen and oxygen atoms in total. The molecule has 0 radical (unpaired) electrons. The predicted octanol–water partition coefficient (Wildman–Crippen LogP) is 2.40. The topological polar surface area (TPSA) is 130 Å². The minimum absolute atomic E-state index is 0.0957. The standard InChI is InChI=1S/C27H22N2O5/c28-24(30)14-13-23(26(32)33)29-25(31)18-11-9-17(10-12-18)15-16-27(34)21-7-3-1-5-19(21)20-6-2-4-8-22(20)27/h1-12,23,34H,13-14H2,(H2,28,30)(H,29,31)(H,32,33)/t23-/m0/s1. The molecule has 3 aromatic carbocycles. The third-order valence-electron chi connectivity index (χ3n) is 5.74. The van der Waals surface area contributed by atoms with Gasteiger partial charge >= 0.3 is 5.97 Å². The van der Waals surface area contributed by atoms with Gasteiger partial charge < -0.3 is 21.3 Å². The lowest BCUT2D eigenvalue weighted by atomic mass is 9.92. The Bertz CT molecular complexity index is 1290. The van der Waals surface area contributed by atoms with E-state index in [1.165, 1.54) is 12.1 Å². The summed E-state index contributed by atoms with van der Waals surface area (Å²) in [5.41, 5.74) is 7.73. The summed E-state index contributed by atoms with van der Waals surface area (Å²) in [6, 6.07) is 20.2. The molecule has 2 amide bonds. The first kappa shape index (κ1) is 22.8. The van der Waals surface area contributed by atoms with Crippen LogP contribution in [-0.4, -0.2) is 34.0 Å². The summed E-state index contributed by atoms with van der Waals surface area (Å²) in [5, 5.41) is 23.2. The maximum Gasteiger partial charge on any atom is 0.326 e. The second kappa shape index (κ2) is 9.22. The molecule has 0 aliphatic heterocycles. The number of carbonyl (C=O) groups excluding carboxylic acids is 2. The van der Waals surface area contributed by atoms with Gasteiger partial charge in [-0.2, -0.15) is 0 Å². The van der Waals surface area contributed by atoms with Crippen molar-refractivity contribution < 1.29 is 24.6 Å². The Labute approximate surface area is 196 Å². The summed E-state index contributed by atoms with van der Waals surface area (Å²) in [6.07, 6.45) is -0.248. The van der Waals surface area contributed by atoms with E-state index < -0.39 is 29.4 Å². The molecule has 0 unspecified atom stereocenters. The Morgan fingerprint density at radius 1 is 0.912 bits per heavy atom. The van der Waals surface area contributed by atoms with E-state index >= 15 is 0 Å². The van der Waals surface area contributed by atoms with Gasteiger partial charge in [-0.15, -0.1) is 0 Å². The van der Waals surface area contributed by atoms with Gasteiger partial charge in [0, 0.05) is 28.7 Å². The van der Waals surface area contributed by atoms with Crippen molar-refractivity contribution in [2.75, 3.05) is 0 Å². The number of aliphatic hydroxyl groups is 1. The maximum atomic E-state index is 12.4. The van der Waals surface area contributed by atoms with Gasteiger partial charge in [0.15, 0.2) is 5.60 Å². The van der Waals surface area contributed by atoms with Gasteiger partial charge in [-0.05, 0) is 41.8 Å². The lowest BCUT2D eigenvalue weighted by Gasteiger charge is -2.18. The van der Waals surface area contributed by atoms with E-state index in [0.29, 0.717) is 5.56 Å². The van der Waals surface area contributed by atoms with E-state index in [4.69, 9.17) is 5.73 Å². The number of aliphatic carboxylic acids is 1. The molecule has 0 aromatic heterocycles. The molecule has 0 fully saturated rings. The van der Waals surface area contributed by atoms with Crippen molar-refractivity contribution in [1.82, 2.24) is 5.32 Å². The largest absolute Gasteiger partial charge is 0.480 e. The van der Waals surface area contributed by atoms with Gasteiger partial charge in [0.05, 0.1) is 0 Å². The van der Waals surface area contributed by atoms with Crippen LogP contribution in [0.4, 0.5) is 0 Å². The first-order chi connectivity index (χ1) is 16.3. The number of nitrogens with one attached hydrogen (secondary N) is 1. The molecule has 0 saturated carbocycles. The van der Waals surface area contributed by atoms with Crippen molar-refractivity contribution >= 4 is 17.8 Å². The molecule has 0 spiro atoms. The van der Waals surface area contributed by atoms with Gasteiger partial charge in [0.1, 0.15) is 6.04 Å². The van der Waals surface area contributed by atoms with Crippen molar-refractivity contribution in [2.24, 2.45) is 5.73 Å². The second-order valence-corrected chi connectivity index (χ2v) is 8.00. The monoisotopic (exact) mass is 454 g/mol. The van der Waals surface area contributed by atoms with E-state index in [2.05, 4.69) is 17.2 Å². The number of benzene rings is 3. The fraction of sp³-hybridized carbons (Fsp3) is 0.148. The number of fused-ring (bicyclic) bond motifs is 3. The van der Waals surface area contributed by atoms with E-state index in [0.717, 1.165) is 22.3 Å². The Balaban J connectivity index is 1.54. The number of carboxylic acids is 1. The zero-order chi connectivity index (χ0) is 24.3. The molecule has 0 bridgehead atoms. The average Bonchev–Trinajstić information content (AvgIpc) is 3.09. The number of hydrogen-bond donors (Lipinski definition) is 4. The molecule has 170 valence electrons. The van der Waals surface area contributed by atoms with Crippen LogP contribution in [0.25, 0.3) is 11.1 Å². The molecule has 4 rings (SSSR count). The highest BCUT2D eigenvalue weighted by Crippen LogP contribution is 2.46. The summed E-state index contributed by atoms with van der Waals surface area (Å²) in [6.45, 7) is 0. The van der Waals surface area contributed by atoms with Crippen molar-refractivity contribution in [2.45, 2.75) is 24.5 Å². The number of rotatable bonds is 6. The Kier molecular flexibility index (Phi) is 6.17. The van der Waals surface area contributed by atoms with Crippen LogP contribution in [0.3, 0.4) is 0 Å². The molecule has 3 aromatic rings. The number of nitrogens with two attached hydrogens (primary N) is 1. The second-order valence-electron chi connectivity index (χ2n) is 8.00. The van der Waals surface area contributed by atoms with Gasteiger partial charge in [-0.25, -0.2) is 4.79 Å². The molecule has 1 aliphatic carbocycles. The Hall–Kier alpha value is -4.41. The van der Waals surface area contributed by atoms with Crippen LogP contribution < -0.4 is 11.1 Å². The normalized spacial score (nSPS) is 13.6. The number of carbonyl (C=O) groups is 3. The van der Waals surface area contributed by atoms with Crippen molar-refractivity contribution in [1.29, 1.82) is 0 Å². The molecular formula is C27H22N2O5. The van der Waals surface area contributed by atoms with Crippen LogP contribution in [0, 0.1) is 11.8 Å². The smallest absolute Gasteiger partial charge is 0.326 e. The molecule has 1 atom stereocenters. The Morgan fingerprint density at radius 2 is 1.47 bits per heavy atom. The minimum atomic E-state index is -1.46. The van der Waals surface area contributed by atoms with Crippen LogP contribution in [-0.2, 0) is 15.2 Å². The zero-order valence-corrected chi connectivity index (χ0v) is 18.1. The van der Waals surface area contributed by atoms with Crippen LogP contribution in [0.1, 0.15) is 39.9 Å². The van der Waals surface area contributed by atoms with Crippen LogP contribution in [0.5, 0.6) is 0 Å². The molecule has 7 heteroatoms. The summed E-state index contributed by atoms with van der Waals surface area (Å²) < 4.78 is 0. The molecule has 0 heterocycles. The van der Waals surface area contributed by atoms with Gasteiger partial charge in [-0.3, -0.25) is 9.59 Å². The van der Waals surface area contributed by atoms with Crippen LogP contribution in [0.2, 0.25) is 0 Å². The van der Waals surface area contributed by atoms with Gasteiger partial charge in [0.2, 0.25) is 5.91 Å². The van der Waals surface area contributed by atoms with Crippen molar-refractivity contribution in [3.63, 3.8) is 0 Å². The van der Waals surface area contributed by atoms with E-state index in [1.807, 2.05) is 48.5 Å². The lowest BCUT2D eigenvalue weighted by Crippen LogP contribution is -2.41. The number of primary amides is 1. The highest BCUT2D eigenvalue weighted by atomic mass is 16.4. The summed E-state index contributed by atoms with van der Waals surface area (Å²) in [5.74, 6) is 3.50. The third kappa shape index (κ3) is 4.40. The van der Waals surface area contributed by atoms with E-state index in [1.54, 1.807) is 12.1 Å². The van der Waals surface area contributed by atoms with Crippen LogP contribution >= 0.6 is 0 Å². The molecule has 1 aliphatic rings. The summed E-state index contributed by atoms with van der Waals surface area (Å²) >= 11 is 0. The third-order valence-corrected chi connectivity index (χ3v) is 5.74. The fourth-order valence-electron chi connectivity index (χ4n) is 4.00. The highest BCUT2D eigenvalue weighted by Gasteiger charge is 2.39. The minimum Gasteiger partial charge on any atom is -0.480 e. The average molecular weight is 454 g/mol.